The number of carbonyl (C=O) groups is 1. The average Bonchev–Trinajstić information content (AvgIpc) is 2.52. The van der Waals surface area contributed by atoms with Crippen molar-refractivity contribution in [1.29, 1.82) is 5.26 Å². The minimum absolute atomic E-state index is 0.126. The minimum atomic E-state index is -0.281. The first-order valence-electron chi connectivity index (χ1n) is 7.58. The number of rotatable bonds is 5. The maximum absolute atomic E-state index is 12.1. The third-order valence-corrected chi connectivity index (χ3v) is 4.24. The van der Waals surface area contributed by atoms with Gasteiger partial charge in [0.25, 0.3) is 5.91 Å². The Morgan fingerprint density at radius 1 is 1.36 bits per heavy atom. The predicted octanol–water partition coefficient (Wildman–Crippen LogP) is 3.40. The van der Waals surface area contributed by atoms with Crippen LogP contribution in [0, 0.1) is 11.3 Å². The molecule has 0 radical (unpaired) electrons. The molecule has 1 aromatic rings. The average molecular weight is 362 g/mol. The first kappa shape index (κ1) is 16.6. The summed E-state index contributed by atoms with van der Waals surface area (Å²) < 4.78 is 1.01. The summed E-state index contributed by atoms with van der Waals surface area (Å²) in [5, 5.41) is 15.1. The molecule has 1 aliphatic rings. The van der Waals surface area contributed by atoms with Crippen LogP contribution in [0.5, 0.6) is 0 Å². The Hall–Kier alpha value is -1.80. The van der Waals surface area contributed by atoms with Gasteiger partial charge in [0.2, 0.25) is 0 Å². The highest BCUT2D eigenvalue weighted by Crippen LogP contribution is 2.17. The van der Waals surface area contributed by atoms with Crippen molar-refractivity contribution in [2.24, 2.45) is 0 Å². The fraction of sp³-hybridized carbons (Fsp3) is 0.412. The SMILES string of the molecule is N#C/C(=C/NCc1cccc(Br)c1)C(=O)NC1CCCCC1. The standard InChI is InChI=1S/C17H20BrN3O/c18-15-6-4-5-13(9-15)11-20-12-14(10-19)17(22)21-16-7-2-1-3-8-16/h4-6,9,12,16,20H,1-3,7-8,11H2,(H,21,22)/b14-12-. The number of nitrogens with one attached hydrogen (secondary N) is 2. The van der Waals surface area contributed by atoms with Crippen LogP contribution in [-0.4, -0.2) is 11.9 Å². The van der Waals surface area contributed by atoms with Gasteiger partial charge in [0.15, 0.2) is 0 Å². The van der Waals surface area contributed by atoms with Gasteiger partial charge in [-0.25, -0.2) is 0 Å². The van der Waals surface area contributed by atoms with E-state index in [0.29, 0.717) is 6.54 Å². The minimum Gasteiger partial charge on any atom is -0.386 e. The number of carbonyl (C=O) groups excluding carboxylic acids is 1. The second-order valence-corrected chi connectivity index (χ2v) is 6.40. The van der Waals surface area contributed by atoms with Gasteiger partial charge in [-0.1, -0.05) is 47.3 Å². The van der Waals surface area contributed by atoms with Gasteiger partial charge in [-0.2, -0.15) is 5.26 Å². The van der Waals surface area contributed by atoms with Gasteiger partial charge in [-0.3, -0.25) is 4.79 Å². The van der Waals surface area contributed by atoms with Crippen LogP contribution >= 0.6 is 15.9 Å². The molecule has 1 fully saturated rings. The molecule has 5 heteroatoms. The number of hydrogen-bond acceptors (Lipinski definition) is 3. The highest BCUT2D eigenvalue weighted by atomic mass is 79.9. The summed E-state index contributed by atoms with van der Waals surface area (Å²) in [6.45, 7) is 0.571. The van der Waals surface area contributed by atoms with E-state index in [-0.39, 0.29) is 17.5 Å². The molecule has 1 amide bonds. The normalized spacial score (nSPS) is 15.9. The Labute approximate surface area is 139 Å². The lowest BCUT2D eigenvalue weighted by Gasteiger charge is -2.22. The van der Waals surface area contributed by atoms with E-state index in [1.54, 1.807) is 0 Å². The molecule has 0 bridgehead atoms. The fourth-order valence-corrected chi connectivity index (χ4v) is 3.02. The summed E-state index contributed by atoms with van der Waals surface area (Å²) in [5.74, 6) is -0.281. The first-order chi connectivity index (χ1) is 10.7. The Kier molecular flexibility index (Phi) is 6.47. The molecule has 0 aromatic heterocycles. The summed E-state index contributed by atoms with van der Waals surface area (Å²) in [4.78, 5) is 12.1. The monoisotopic (exact) mass is 361 g/mol. The van der Waals surface area contributed by atoms with E-state index >= 15 is 0 Å². The third-order valence-electron chi connectivity index (χ3n) is 3.75. The van der Waals surface area contributed by atoms with Crippen LogP contribution in [-0.2, 0) is 11.3 Å². The number of halogens is 1. The molecule has 2 rings (SSSR count). The van der Waals surface area contributed by atoms with Crippen LogP contribution in [0.2, 0.25) is 0 Å². The number of benzene rings is 1. The summed E-state index contributed by atoms with van der Waals surface area (Å²) in [5.41, 5.74) is 1.20. The van der Waals surface area contributed by atoms with Crippen molar-refractivity contribution in [3.63, 3.8) is 0 Å². The number of amides is 1. The molecular formula is C17H20BrN3O. The zero-order valence-corrected chi connectivity index (χ0v) is 14.0. The quantitative estimate of drug-likeness (QED) is 0.623. The van der Waals surface area contributed by atoms with Crippen molar-refractivity contribution in [2.45, 2.75) is 44.7 Å². The Morgan fingerprint density at radius 2 is 2.14 bits per heavy atom. The second kappa shape index (κ2) is 8.60. The Balaban J connectivity index is 1.87. The summed E-state index contributed by atoms with van der Waals surface area (Å²) in [6, 6.07) is 10.1. The number of hydrogen-bond donors (Lipinski definition) is 2. The molecule has 1 aromatic carbocycles. The van der Waals surface area contributed by atoms with Crippen LogP contribution in [0.4, 0.5) is 0 Å². The lowest BCUT2D eigenvalue weighted by molar-refractivity contribution is -0.118. The molecule has 116 valence electrons. The molecule has 1 aliphatic carbocycles. The van der Waals surface area contributed by atoms with Gasteiger partial charge in [-0.15, -0.1) is 0 Å². The van der Waals surface area contributed by atoms with Crippen LogP contribution in [0.3, 0.4) is 0 Å². The maximum atomic E-state index is 12.1. The summed E-state index contributed by atoms with van der Waals surface area (Å²) in [6.07, 6.45) is 7.06. The van der Waals surface area contributed by atoms with Crippen molar-refractivity contribution < 1.29 is 4.79 Å². The molecule has 0 aliphatic heterocycles. The van der Waals surface area contributed by atoms with Crippen molar-refractivity contribution in [3.05, 3.63) is 46.1 Å². The molecule has 0 unspecified atom stereocenters. The zero-order valence-electron chi connectivity index (χ0n) is 12.4. The largest absolute Gasteiger partial charge is 0.386 e. The molecule has 2 N–H and O–H groups in total. The molecule has 0 heterocycles. The van der Waals surface area contributed by atoms with E-state index < -0.39 is 0 Å². The van der Waals surface area contributed by atoms with E-state index in [2.05, 4.69) is 26.6 Å². The van der Waals surface area contributed by atoms with Crippen molar-refractivity contribution in [3.8, 4) is 6.07 Å². The molecule has 0 saturated heterocycles. The van der Waals surface area contributed by atoms with E-state index in [1.165, 1.54) is 12.6 Å². The summed E-state index contributed by atoms with van der Waals surface area (Å²) >= 11 is 3.42. The van der Waals surface area contributed by atoms with Crippen LogP contribution in [0.15, 0.2) is 40.5 Å². The topological polar surface area (TPSA) is 64.9 Å². The highest BCUT2D eigenvalue weighted by molar-refractivity contribution is 9.10. The van der Waals surface area contributed by atoms with E-state index in [1.807, 2.05) is 30.3 Å². The van der Waals surface area contributed by atoms with Gasteiger partial charge < -0.3 is 10.6 Å². The van der Waals surface area contributed by atoms with Gasteiger partial charge in [0.1, 0.15) is 11.6 Å². The van der Waals surface area contributed by atoms with Crippen molar-refractivity contribution in [1.82, 2.24) is 10.6 Å². The van der Waals surface area contributed by atoms with Crippen molar-refractivity contribution >= 4 is 21.8 Å². The molecule has 0 atom stereocenters. The lowest BCUT2D eigenvalue weighted by atomic mass is 9.95. The second-order valence-electron chi connectivity index (χ2n) is 5.49. The fourth-order valence-electron chi connectivity index (χ4n) is 2.58. The van der Waals surface area contributed by atoms with E-state index in [4.69, 9.17) is 5.26 Å². The van der Waals surface area contributed by atoms with E-state index in [0.717, 1.165) is 35.7 Å². The van der Waals surface area contributed by atoms with Gasteiger partial charge in [0, 0.05) is 23.3 Å². The zero-order chi connectivity index (χ0) is 15.8. The smallest absolute Gasteiger partial charge is 0.263 e. The van der Waals surface area contributed by atoms with Gasteiger partial charge >= 0.3 is 0 Å². The van der Waals surface area contributed by atoms with E-state index in [9.17, 15) is 4.79 Å². The Morgan fingerprint density at radius 3 is 2.82 bits per heavy atom. The Bertz CT molecular complexity index is 586. The van der Waals surface area contributed by atoms with Gasteiger partial charge in [0.05, 0.1) is 0 Å². The van der Waals surface area contributed by atoms with Crippen LogP contribution < -0.4 is 10.6 Å². The molecule has 4 nitrogen and oxygen atoms in total. The molecule has 1 saturated carbocycles. The number of nitrogens with zero attached hydrogens (tertiary/aromatic N) is 1. The molecular weight excluding hydrogens is 342 g/mol. The third kappa shape index (κ3) is 5.19. The van der Waals surface area contributed by atoms with Crippen molar-refractivity contribution in [2.75, 3.05) is 0 Å². The molecule has 22 heavy (non-hydrogen) atoms. The first-order valence-corrected chi connectivity index (χ1v) is 8.37. The predicted molar refractivity (Wildman–Crippen MR) is 89.7 cm³/mol. The lowest BCUT2D eigenvalue weighted by Crippen LogP contribution is -2.37. The number of nitriles is 1. The summed E-state index contributed by atoms with van der Waals surface area (Å²) in [7, 11) is 0. The highest BCUT2D eigenvalue weighted by Gasteiger charge is 2.17. The maximum Gasteiger partial charge on any atom is 0.263 e. The van der Waals surface area contributed by atoms with Crippen LogP contribution in [0.1, 0.15) is 37.7 Å². The van der Waals surface area contributed by atoms with Crippen LogP contribution in [0.25, 0.3) is 0 Å². The molecule has 0 spiro atoms. The van der Waals surface area contributed by atoms with Gasteiger partial charge in [-0.05, 0) is 30.5 Å².